The molecule has 2 aromatic rings. The zero-order chi connectivity index (χ0) is 19.6. The lowest BCUT2D eigenvalue weighted by Crippen LogP contribution is -2.41. The zero-order valence-electron chi connectivity index (χ0n) is 15.4. The summed E-state index contributed by atoms with van der Waals surface area (Å²) in [6.45, 7) is 2.01. The Morgan fingerprint density at radius 1 is 1.11 bits per heavy atom. The first kappa shape index (κ1) is 20.2. The van der Waals surface area contributed by atoms with Crippen LogP contribution < -0.4 is 14.8 Å². The van der Waals surface area contributed by atoms with Crippen molar-refractivity contribution in [2.75, 3.05) is 32.1 Å². The van der Waals surface area contributed by atoms with Crippen molar-refractivity contribution >= 4 is 17.5 Å². The number of methoxy groups -OCH3 is 1. The lowest BCUT2D eigenvalue weighted by atomic mass is 10.3. The van der Waals surface area contributed by atoms with Crippen molar-refractivity contribution in [2.45, 2.75) is 13.3 Å². The van der Waals surface area contributed by atoms with E-state index in [0.29, 0.717) is 30.2 Å². The zero-order valence-corrected chi connectivity index (χ0v) is 15.4. The van der Waals surface area contributed by atoms with Gasteiger partial charge in [0, 0.05) is 6.54 Å². The standard InChI is InChI=1S/C20H23FN2O4/c1-3-12-23(20(25)14-27-16-10-8-15(21)9-11-16)13-19(24)22-17-6-4-5-7-18(17)26-2/h4-11H,3,12-14H2,1-2H3,(H,22,24). The molecule has 0 atom stereocenters. The van der Waals surface area contributed by atoms with Crippen molar-refractivity contribution in [1.82, 2.24) is 4.90 Å². The third-order valence-electron chi connectivity index (χ3n) is 3.74. The highest BCUT2D eigenvalue weighted by atomic mass is 19.1. The Hall–Kier alpha value is -3.09. The topological polar surface area (TPSA) is 67.9 Å². The minimum Gasteiger partial charge on any atom is -0.495 e. The first-order valence-electron chi connectivity index (χ1n) is 8.62. The summed E-state index contributed by atoms with van der Waals surface area (Å²) in [4.78, 5) is 26.2. The highest BCUT2D eigenvalue weighted by molar-refractivity contribution is 5.95. The van der Waals surface area contributed by atoms with Crippen LogP contribution in [0, 0.1) is 5.82 Å². The number of carbonyl (C=O) groups is 2. The monoisotopic (exact) mass is 374 g/mol. The van der Waals surface area contributed by atoms with E-state index in [1.165, 1.54) is 36.3 Å². The number of hydrogen-bond acceptors (Lipinski definition) is 4. The number of carbonyl (C=O) groups excluding carboxylic acids is 2. The highest BCUT2D eigenvalue weighted by Gasteiger charge is 2.18. The predicted octanol–water partition coefficient (Wildman–Crippen LogP) is 3.09. The van der Waals surface area contributed by atoms with Gasteiger partial charge in [0.2, 0.25) is 5.91 Å². The second-order valence-corrected chi connectivity index (χ2v) is 5.81. The van der Waals surface area contributed by atoms with Crippen LogP contribution in [0.5, 0.6) is 11.5 Å². The van der Waals surface area contributed by atoms with E-state index < -0.39 is 0 Å². The highest BCUT2D eigenvalue weighted by Crippen LogP contribution is 2.22. The maximum absolute atomic E-state index is 12.9. The molecule has 0 radical (unpaired) electrons. The van der Waals surface area contributed by atoms with Crippen LogP contribution in [0.2, 0.25) is 0 Å². The van der Waals surface area contributed by atoms with E-state index in [9.17, 15) is 14.0 Å². The van der Waals surface area contributed by atoms with E-state index in [4.69, 9.17) is 9.47 Å². The minimum atomic E-state index is -0.380. The Kier molecular flexibility index (Phi) is 7.61. The molecule has 0 aromatic heterocycles. The van der Waals surface area contributed by atoms with Crippen molar-refractivity contribution in [3.8, 4) is 11.5 Å². The lowest BCUT2D eigenvalue weighted by molar-refractivity contribution is -0.136. The van der Waals surface area contributed by atoms with Gasteiger partial charge >= 0.3 is 0 Å². The molecular weight excluding hydrogens is 351 g/mol. The Morgan fingerprint density at radius 3 is 2.48 bits per heavy atom. The first-order valence-corrected chi connectivity index (χ1v) is 8.62. The van der Waals surface area contributed by atoms with Crippen LogP contribution in [0.3, 0.4) is 0 Å². The molecule has 27 heavy (non-hydrogen) atoms. The SMILES string of the molecule is CCCN(CC(=O)Nc1ccccc1OC)C(=O)COc1ccc(F)cc1. The molecule has 2 rings (SSSR count). The number of halogens is 1. The van der Waals surface area contributed by atoms with E-state index in [0.717, 1.165) is 0 Å². The molecule has 2 amide bonds. The van der Waals surface area contributed by atoms with Gasteiger partial charge in [0.1, 0.15) is 17.3 Å². The maximum atomic E-state index is 12.9. The van der Waals surface area contributed by atoms with Gasteiger partial charge < -0.3 is 19.7 Å². The van der Waals surface area contributed by atoms with Crippen molar-refractivity contribution < 1.29 is 23.5 Å². The largest absolute Gasteiger partial charge is 0.495 e. The number of nitrogens with one attached hydrogen (secondary N) is 1. The summed E-state index contributed by atoms with van der Waals surface area (Å²) in [7, 11) is 1.52. The molecule has 0 spiro atoms. The molecule has 0 aliphatic heterocycles. The molecule has 0 saturated carbocycles. The average molecular weight is 374 g/mol. The molecule has 7 heteroatoms. The predicted molar refractivity (Wildman–Crippen MR) is 100 cm³/mol. The third kappa shape index (κ3) is 6.29. The van der Waals surface area contributed by atoms with Gasteiger partial charge in [0.05, 0.1) is 19.3 Å². The van der Waals surface area contributed by atoms with Gasteiger partial charge in [-0.3, -0.25) is 9.59 Å². The van der Waals surface area contributed by atoms with Crippen LogP contribution in [-0.2, 0) is 9.59 Å². The molecule has 144 valence electrons. The van der Waals surface area contributed by atoms with E-state index in [-0.39, 0.29) is 30.8 Å². The summed E-state index contributed by atoms with van der Waals surface area (Å²) in [5.41, 5.74) is 0.538. The number of nitrogens with zero attached hydrogens (tertiary/aromatic N) is 1. The number of ether oxygens (including phenoxy) is 2. The number of amides is 2. The summed E-state index contributed by atoms with van der Waals surface area (Å²) in [6.07, 6.45) is 0.699. The normalized spacial score (nSPS) is 10.2. The Bertz CT molecular complexity index is 765. The first-order chi connectivity index (χ1) is 13.0. The molecule has 0 aliphatic rings. The fourth-order valence-corrected chi connectivity index (χ4v) is 2.44. The van der Waals surface area contributed by atoms with Gasteiger partial charge in [-0.2, -0.15) is 0 Å². The van der Waals surface area contributed by atoms with E-state index >= 15 is 0 Å². The summed E-state index contributed by atoms with van der Waals surface area (Å²) >= 11 is 0. The van der Waals surface area contributed by atoms with Gasteiger partial charge in [0.25, 0.3) is 5.91 Å². The van der Waals surface area contributed by atoms with Crippen LogP contribution in [-0.4, -0.2) is 43.5 Å². The summed E-state index contributed by atoms with van der Waals surface area (Å²) in [5.74, 6) is -0.104. The van der Waals surface area contributed by atoms with Gasteiger partial charge in [-0.1, -0.05) is 19.1 Å². The molecule has 0 aliphatic carbocycles. The number of anilines is 1. The maximum Gasteiger partial charge on any atom is 0.260 e. The van der Waals surface area contributed by atoms with Crippen LogP contribution in [0.15, 0.2) is 48.5 Å². The molecule has 0 fully saturated rings. The fourth-order valence-electron chi connectivity index (χ4n) is 2.44. The van der Waals surface area contributed by atoms with Crippen LogP contribution in [0.1, 0.15) is 13.3 Å². The van der Waals surface area contributed by atoms with Crippen LogP contribution >= 0.6 is 0 Å². The number of benzene rings is 2. The van der Waals surface area contributed by atoms with Gasteiger partial charge in [-0.15, -0.1) is 0 Å². The average Bonchev–Trinajstić information content (AvgIpc) is 2.67. The van der Waals surface area contributed by atoms with E-state index in [1.54, 1.807) is 24.3 Å². The fraction of sp³-hybridized carbons (Fsp3) is 0.300. The Morgan fingerprint density at radius 2 is 1.81 bits per heavy atom. The quantitative estimate of drug-likeness (QED) is 0.732. The van der Waals surface area contributed by atoms with Gasteiger partial charge in [-0.05, 0) is 42.8 Å². The molecule has 2 aromatic carbocycles. The molecule has 0 saturated heterocycles. The molecule has 0 bridgehead atoms. The number of hydrogen-bond donors (Lipinski definition) is 1. The smallest absolute Gasteiger partial charge is 0.260 e. The molecular formula is C20H23FN2O4. The van der Waals surface area contributed by atoms with E-state index in [2.05, 4.69) is 5.32 Å². The number of para-hydroxylation sites is 2. The summed E-state index contributed by atoms with van der Waals surface area (Å²) in [5, 5.41) is 2.74. The second-order valence-electron chi connectivity index (χ2n) is 5.81. The second kappa shape index (κ2) is 10.2. The van der Waals surface area contributed by atoms with Crippen molar-refractivity contribution in [3.05, 3.63) is 54.3 Å². The number of rotatable bonds is 9. The molecule has 0 unspecified atom stereocenters. The van der Waals surface area contributed by atoms with Gasteiger partial charge in [0.15, 0.2) is 6.61 Å². The molecule has 6 nitrogen and oxygen atoms in total. The van der Waals surface area contributed by atoms with Crippen LogP contribution in [0.4, 0.5) is 10.1 Å². The minimum absolute atomic E-state index is 0.0997. The van der Waals surface area contributed by atoms with Crippen molar-refractivity contribution in [2.24, 2.45) is 0 Å². The molecule has 1 N–H and O–H groups in total. The van der Waals surface area contributed by atoms with Crippen LogP contribution in [0.25, 0.3) is 0 Å². The summed E-state index contributed by atoms with van der Waals surface area (Å²) < 4.78 is 23.5. The Labute approximate surface area is 157 Å². The van der Waals surface area contributed by atoms with Gasteiger partial charge in [-0.25, -0.2) is 4.39 Å². The molecule has 0 heterocycles. The summed E-state index contributed by atoms with van der Waals surface area (Å²) in [6, 6.07) is 12.4. The Balaban J connectivity index is 1.93. The third-order valence-corrected chi connectivity index (χ3v) is 3.74. The lowest BCUT2D eigenvalue weighted by Gasteiger charge is -2.22. The van der Waals surface area contributed by atoms with Crippen molar-refractivity contribution in [1.29, 1.82) is 0 Å². The van der Waals surface area contributed by atoms with E-state index in [1.807, 2.05) is 6.92 Å². The van der Waals surface area contributed by atoms with Crippen molar-refractivity contribution in [3.63, 3.8) is 0 Å².